The molecule has 4 aromatic rings. The van der Waals surface area contributed by atoms with Crippen molar-refractivity contribution in [3.63, 3.8) is 0 Å². The van der Waals surface area contributed by atoms with Gasteiger partial charge in [-0.25, -0.2) is 4.79 Å². The molecule has 0 unspecified atom stereocenters. The number of alkyl halides is 3. The maximum atomic E-state index is 14.4. The molecule has 1 atom stereocenters. The number of nitrogens with one attached hydrogen (secondary N) is 2. The average Bonchev–Trinajstić information content (AvgIpc) is 2.95. The van der Waals surface area contributed by atoms with Crippen LogP contribution in [0, 0.1) is 6.92 Å². The van der Waals surface area contributed by atoms with Crippen LogP contribution in [0.5, 0.6) is 0 Å². The topological polar surface area (TPSA) is 89.4 Å². The lowest BCUT2D eigenvalue weighted by Crippen LogP contribution is -2.49. The summed E-state index contributed by atoms with van der Waals surface area (Å²) in [5.41, 5.74) is -0.475. The number of hydrogen-bond acceptors (Lipinski definition) is 4. The maximum absolute atomic E-state index is 14.4. The standard InChI is InChI=1S/C34H34F3N3O4/c1-21-25(18-19-28(41)40(21)5)26-17-16-24(20-27(26)34(35,36)37)38-31(42)30(39-32(43)44-33(2,3)4)29(22-12-8-6-9-13-22)23-14-10-7-11-15-23/h6-20,29-30H,1-5H3,(H,38,42)(H,39,43)/t30-/m0/s1. The second-order valence-corrected chi connectivity index (χ2v) is 11.4. The van der Waals surface area contributed by atoms with Crippen molar-refractivity contribution >= 4 is 17.7 Å². The Hall–Kier alpha value is -4.86. The molecule has 1 aromatic heterocycles. The van der Waals surface area contributed by atoms with Crippen LogP contribution < -0.4 is 16.2 Å². The summed E-state index contributed by atoms with van der Waals surface area (Å²) in [6.45, 7) is 6.60. The predicted molar refractivity (Wildman–Crippen MR) is 163 cm³/mol. The Kier molecular flexibility index (Phi) is 9.32. The van der Waals surface area contributed by atoms with Crippen LogP contribution in [0.1, 0.15) is 49.1 Å². The molecule has 0 bridgehead atoms. The predicted octanol–water partition coefficient (Wildman–Crippen LogP) is 7.04. The van der Waals surface area contributed by atoms with Crippen LogP contribution in [0.25, 0.3) is 11.1 Å². The maximum Gasteiger partial charge on any atom is 0.417 e. The lowest BCUT2D eigenvalue weighted by Gasteiger charge is -2.29. The molecule has 2 amide bonds. The molecule has 0 aliphatic carbocycles. The summed E-state index contributed by atoms with van der Waals surface area (Å²) < 4.78 is 49.8. The third-order valence-corrected chi connectivity index (χ3v) is 7.10. The zero-order chi connectivity index (χ0) is 32.2. The van der Waals surface area contributed by atoms with Crippen LogP contribution >= 0.6 is 0 Å². The number of amides is 2. The van der Waals surface area contributed by atoms with Gasteiger partial charge < -0.3 is 19.9 Å². The molecule has 4 rings (SSSR count). The van der Waals surface area contributed by atoms with Gasteiger partial charge in [-0.3, -0.25) is 9.59 Å². The van der Waals surface area contributed by atoms with Crippen molar-refractivity contribution in [2.45, 2.75) is 51.4 Å². The number of benzene rings is 3. The fourth-order valence-corrected chi connectivity index (χ4v) is 4.96. The fraction of sp³-hybridized carbons (Fsp3) is 0.265. The Balaban J connectivity index is 1.78. The number of anilines is 1. The van der Waals surface area contributed by atoms with Crippen molar-refractivity contribution in [3.8, 4) is 11.1 Å². The van der Waals surface area contributed by atoms with E-state index in [1.165, 1.54) is 35.9 Å². The second kappa shape index (κ2) is 12.8. The number of rotatable bonds is 7. The Bertz CT molecular complexity index is 1660. The Labute approximate surface area is 253 Å². The van der Waals surface area contributed by atoms with E-state index in [1.807, 2.05) is 12.1 Å². The van der Waals surface area contributed by atoms with Gasteiger partial charge in [0.15, 0.2) is 0 Å². The summed E-state index contributed by atoms with van der Waals surface area (Å²) in [5.74, 6) is -1.45. The van der Waals surface area contributed by atoms with Crippen LogP contribution in [-0.2, 0) is 22.8 Å². The molecular weight excluding hydrogens is 571 g/mol. The van der Waals surface area contributed by atoms with E-state index >= 15 is 0 Å². The highest BCUT2D eigenvalue weighted by Gasteiger charge is 2.37. The van der Waals surface area contributed by atoms with Crippen molar-refractivity contribution in [2.24, 2.45) is 7.05 Å². The highest BCUT2D eigenvalue weighted by atomic mass is 19.4. The molecule has 44 heavy (non-hydrogen) atoms. The Morgan fingerprint density at radius 2 is 1.36 bits per heavy atom. The normalized spacial score (nSPS) is 12.5. The van der Waals surface area contributed by atoms with E-state index in [0.717, 1.165) is 6.07 Å². The summed E-state index contributed by atoms with van der Waals surface area (Å²) in [7, 11) is 1.48. The first-order valence-corrected chi connectivity index (χ1v) is 13.9. The summed E-state index contributed by atoms with van der Waals surface area (Å²) in [4.78, 5) is 38.9. The van der Waals surface area contributed by atoms with Crippen molar-refractivity contribution in [1.29, 1.82) is 0 Å². The number of carbonyl (C=O) groups excluding carboxylic acids is 2. The highest BCUT2D eigenvalue weighted by Crippen LogP contribution is 2.39. The molecule has 2 N–H and O–H groups in total. The summed E-state index contributed by atoms with van der Waals surface area (Å²) in [6, 6.07) is 22.8. The van der Waals surface area contributed by atoms with Gasteiger partial charge in [0, 0.05) is 36.0 Å². The van der Waals surface area contributed by atoms with Crippen molar-refractivity contribution < 1.29 is 27.5 Å². The van der Waals surface area contributed by atoms with Gasteiger partial charge in [0.2, 0.25) is 11.5 Å². The zero-order valence-electron chi connectivity index (χ0n) is 25.0. The van der Waals surface area contributed by atoms with Gasteiger partial charge in [0.05, 0.1) is 5.56 Å². The molecule has 0 aliphatic heterocycles. The number of ether oxygens (including phenoxy) is 1. The lowest BCUT2D eigenvalue weighted by atomic mass is 9.84. The summed E-state index contributed by atoms with van der Waals surface area (Å²) >= 11 is 0. The first kappa shape index (κ1) is 32.1. The SMILES string of the molecule is Cc1c(-c2ccc(NC(=O)[C@@H](NC(=O)OC(C)(C)C)C(c3ccccc3)c3ccccc3)cc2C(F)(F)F)ccc(=O)n1C. The van der Waals surface area contributed by atoms with Gasteiger partial charge in [0.1, 0.15) is 11.6 Å². The van der Waals surface area contributed by atoms with Crippen LogP contribution in [0.3, 0.4) is 0 Å². The van der Waals surface area contributed by atoms with Crippen molar-refractivity contribution in [1.82, 2.24) is 9.88 Å². The van der Waals surface area contributed by atoms with Crippen molar-refractivity contribution in [3.05, 3.63) is 124 Å². The third kappa shape index (κ3) is 7.55. The first-order valence-electron chi connectivity index (χ1n) is 13.9. The second-order valence-electron chi connectivity index (χ2n) is 11.4. The third-order valence-electron chi connectivity index (χ3n) is 7.10. The number of hydrogen-bond donors (Lipinski definition) is 2. The molecule has 0 saturated carbocycles. The number of halogens is 3. The molecular formula is C34H34F3N3O4. The largest absolute Gasteiger partial charge is 0.444 e. The molecule has 0 aliphatic rings. The van der Waals surface area contributed by atoms with E-state index in [0.29, 0.717) is 16.8 Å². The molecule has 0 spiro atoms. The first-order chi connectivity index (χ1) is 20.7. The van der Waals surface area contributed by atoms with Crippen LogP contribution in [0.2, 0.25) is 0 Å². The van der Waals surface area contributed by atoms with Crippen LogP contribution in [0.4, 0.5) is 23.7 Å². The fourth-order valence-electron chi connectivity index (χ4n) is 4.96. The molecule has 1 heterocycles. The van der Waals surface area contributed by atoms with Crippen LogP contribution in [0.15, 0.2) is 95.8 Å². The summed E-state index contributed by atoms with van der Waals surface area (Å²) in [6.07, 6.45) is -5.63. The van der Waals surface area contributed by atoms with Gasteiger partial charge in [-0.15, -0.1) is 0 Å². The number of alkyl carbamates (subject to hydrolysis) is 1. The number of nitrogens with zero attached hydrogens (tertiary/aromatic N) is 1. The van der Waals surface area contributed by atoms with Gasteiger partial charge in [-0.2, -0.15) is 13.2 Å². The minimum Gasteiger partial charge on any atom is -0.444 e. The van der Waals surface area contributed by atoms with E-state index in [2.05, 4.69) is 10.6 Å². The molecule has 10 heteroatoms. The summed E-state index contributed by atoms with van der Waals surface area (Å²) in [5, 5.41) is 5.26. The molecule has 3 aromatic carbocycles. The quantitative estimate of drug-likeness (QED) is 0.237. The number of pyridine rings is 1. The van der Waals surface area contributed by atoms with Gasteiger partial charge in [0.25, 0.3) is 0 Å². The molecule has 0 saturated heterocycles. The number of aromatic nitrogens is 1. The average molecular weight is 606 g/mol. The number of carbonyl (C=O) groups is 2. The monoisotopic (exact) mass is 605 g/mol. The molecule has 7 nitrogen and oxygen atoms in total. The van der Waals surface area contributed by atoms with E-state index in [9.17, 15) is 27.6 Å². The van der Waals surface area contributed by atoms with E-state index in [-0.39, 0.29) is 22.4 Å². The van der Waals surface area contributed by atoms with Crippen LogP contribution in [-0.4, -0.2) is 28.2 Å². The highest BCUT2D eigenvalue weighted by molar-refractivity contribution is 5.98. The lowest BCUT2D eigenvalue weighted by molar-refractivity contribution is -0.137. The Morgan fingerprint density at radius 3 is 1.89 bits per heavy atom. The van der Waals surface area contributed by atoms with E-state index in [1.54, 1.807) is 76.2 Å². The zero-order valence-corrected chi connectivity index (χ0v) is 25.0. The molecule has 0 radical (unpaired) electrons. The molecule has 0 fully saturated rings. The van der Waals surface area contributed by atoms with Gasteiger partial charge >= 0.3 is 12.3 Å². The van der Waals surface area contributed by atoms with Gasteiger partial charge in [-0.1, -0.05) is 66.7 Å². The minimum atomic E-state index is -4.78. The smallest absolute Gasteiger partial charge is 0.417 e. The van der Waals surface area contributed by atoms with Gasteiger partial charge in [-0.05, 0) is 62.6 Å². The Morgan fingerprint density at radius 1 is 0.818 bits per heavy atom. The van der Waals surface area contributed by atoms with E-state index < -0.39 is 41.3 Å². The van der Waals surface area contributed by atoms with Crippen molar-refractivity contribution in [2.75, 3.05) is 5.32 Å². The minimum absolute atomic E-state index is 0.121. The van der Waals surface area contributed by atoms with E-state index in [4.69, 9.17) is 4.74 Å². The molecule has 230 valence electrons.